The lowest BCUT2D eigenvalue weighted by atomic mass is 10.1. The van der Waals surface area contributed by atoms with Crippen molar-refractivity contribution < 1.29 is 14.3 Å². The van der Waals surface area contributed by atoms with E-state index in [1.54, 1.807) is 11.0 Å². The summed E-state index contributed by atoms with van der Waals surface area (Å²) in [5.41, 5.74) is 0.498. The lowest BCUT2D eigenvalue weighted by molar-refractivity contribution is -0.122. The monoisotopic (exact) mass is 377 g/mol. The molecule has 1 aromatic rings. The summed E-state index contributed by atoms with van der Waals surface area (Å²) in [4.78, 5) is 31.7. The van der Waals surface area contributed by atoms with E-state index in [1.807, 2.05) is 5.38 Å². The second-order valence-electron chi connectivity index (χ2n) is 7.44. The molecule has 3 fully saturated rings. The Bertz CT molecular complexity index is 663. The second-order valence-corrected chi connectivity index (χ2v) is 8.33. The van der Waals surface area contributed by atoms with Gasteiger partial charge in [0.05, 0.1) is 18.7 Å². The van der Waals surface area contributed by atoms with Crippen molar-refractivity contribution in [3.05, 3.63) is 17.0 Å². The maximum Gasteiger partial charge on any atom is 0.340 e. The molecule has 0 N–H and O–H groups in total. The Morgan fingerprint density at radius 2 is 1.77 bits per heavy atom. The number of hydrogen-bond donors (Lipinski definition) is 0. The summed E-state index contributed by atoms with van der Waals surface area (Å²) >= 11 is 1.44. The van der Waals surface area contributed by atoms with Crippen molar-refractivity contribution in [2.45, 2.75) is 44.2 Å². The van der Waals surface area contributed by atoms with E-state index < -0.39 is 0 Å². The maximum atomic E-state index is 13.0. The van der Waals surface area contributed by atoms with Crippen molar-refractivity contribution >= 4 is 28.2 Å². The van der Waals surface area contributed by atoms with E-state index in [1.165, 1.54) is 44.1 Å². The molecular formula is C19H27N3O3S. The SMILES string of the molecule is COC(=O)c1ccsc1N1CC[C@H](N2CCN(C3CCCC3)CC2)C1=O. The molecule has 2 saturated heterocycles. The average Bonchev–Trinajstić information content (AvgIpc) is 3.41. The van der Waals surface area contributed by atoms with Gasteiger partial charge >= 0.3 is 5.97 Å². The smallest absolute Gasteiger partial charge is 0.340 e. The van der Waals surface area contributed by atoms with Crippen LogP contribution in [0.3, 0.4) is 0 Å². The molecule has 0 aromatic carbocycles. The minimum Gasteiger partial charge on any atom is -0.465 e. The lowest BCUT2D eigenvalue weighted by Crippen LogP contribution is -2.54. The molecule has 1 atom stereocenters. The predicted octanol–water partition coefficient (Wildman–Crippen LogP) is 2.20. The van der Waals surface area contributed by atoms with E-state index in [-0.39, 0.29) is 17.9 Å². The summed E-state index contributed by atoms with van der Waals surface area (Å²) in [5, 5.41) is 2.58. The van der Waals surface area contributed by atoms with Crippen LogP contribution in [0.4, 0.5) is 5.00 Å². The van der Waals surface area contributed by atoms with Crippen LogP contribution < -0.4 is 4.90 Å². The summed E-state index contributed by atoms with van der Waals surface area (Å²) in [5.74, 6) is -0.241. The van der Waals surface area contributed by atoms with E-state index in [9.17, 15) is 9.59 Å². The largest absolute Gasteiger partial charge is 0.465 e. The van der Waals surface area contributed by atoms with E-state index in [0.717, 1.165) is 43.6 Å². The number of thiophene rings is 1. The highest BCUT2D eigenvalue weighted by Gasteiger charge is 2.40. The Kier molecular flexibility index (Phi) is 5.29. The molecule has 1 amide bonds. The van der Waals surface area contributed by atoms with Crippen LogP contribution in [0.1, 0.15) is 42.5 Å². The zero-order chi connectivity index (χ0) is 18.1. The van der Waals surface area contributed by atoms with Crippen molar-refractivity contribution in [3.63, 3.8) is 0 Å². The fraction of sp³-hybridized carbons (Fsp3) is 0.684. The van der Waals surface area contributed by atoms with E-state index in [2.05, 4.69) is 9.80 Å². The normalized spacial score (nSPS) is 26.0. The van der Waals surface area contributed by atoms with E-state index >= 15 is 0 Å². The molecule has 26 heavy (non-hydrogen) atoms. The third-order valence-electron chi connectivity index (χ3n) is 6.10. The van der Waals surface area contributed by atoms with Gasteiger partial charge in [-0.05, 0) is 30.7 Å². The first-order chi connectivity index (χ1) is 12.7. The first-order valence-corrected chi connectivity index (χ1v) is 10.5. The molecule has 0 bridgehead atoms. The van der Waals surface area contributed by atoms with Crippen molar-refractivity contribution in [1.29, 1.82) is 0 Å². The standard InChI is InChI=1S/C19H27N3O3S/c1-25-19(24)15-7-13-26-18(15)22-8-6-16(17(22)23)21-11-9-20(10-12-21)14-4-2-3-5-14/h7,13-14,16H,2-6,8-12H2,1H3/t16-/m0/s1. The van der Waals surface area contributed by atoms with Gasteiger partial charge in [-0.2, -0.15) is 0 Å². The van der Waals surface area contributed by atoms with Crippen molar-refractivity contribution in [1.82, 2.24) is 9.80 Å². The second kappa shape index (κ2) is 7.66. The summed E-state index contributed by atoms with van der Waals surface area (Å²) in [6.45, 7) is 4.75. The number of amides is 1. The Hall–Kier alpha value is -1.44. The molecule has 4 rings (SSSR count). The van der Waals surface area contributed by atoms with Gasteiger partial charge < -0.3 is 9.64 Å². The number of carbonyl (C=O) groups excluding carboxylic acids is 2. The van der Waals surface area contributed by atoms with E-state index in [4.69, 9.17) is 4.74 Å². The summed E-state index contributed by atoms with van der Waals surface area (Å²) in [6, 6.07) is 2.46. The molecule has 142 valence electrons. The molecule has 7 heteroatoms. The van der Waals surface area contributed by atoms with Crippen molar-refractivity contribution in [3.8, 4) is 0 Å². The van der Waals surface area contributed by atoms with Crippen LogP contribution in [0.25, 0.3) is 0 Å². The Labute approximate surface area is 158 Å². The zero-order valence-corrected chi connectivity index (χ0v) is 16.2. The van der Waals surface area contributed by atoms with Crippen LogP contribution >= 0.6 is 11.3 Å². The first kappa shape index (κ1) is 17.9. The Morgan fingerprint density at radius 3 is 2.46 bits per heavy atom. The Morgan fingerprint density at radius 1 is 1.08 bits per heavy atom. The highest BCUT2D eigenvalue weighted by atomic mass is 32.1. The third-order valence-corrected chi connectivity index (χ3v) is 7.04. The molecule has 1 saturated carbocycles. The quantitative estimate of drug-likeness (QED) is 0.753. The molecule has 0 radical (unpaired) electrons. The number of hydrogen-bond acceptors (Lipinski definition) is 6. The van der Waals surface area contributed by atoms with Crippen LogP contribution in [-0.2, 0) is 9.53 Å². The Balaban J connectivity index is 1.39. The van der Waals surface area contributed by atoms with Gasteiger partial charge in [-0.1, -0.05) is 12.8 Å². The van der Waals surface area contributed by atoms with Gasteiger partial charge in [-0.3, -0.25) is 14.6 Å². The minimum atomic E-state index is -0.373. The highest BCUT2D eigenvalue weighted by Crippen LogP contribution is 2.33. The number of methoxy groups -OCH3 is 1. The number of ether oxygens (including phenoxy) is 1. The molecule has 0 spiro atoms. The van der Waals surface area contributed by atoms with Gasteiger partial charge in [0.15, 0.2) is 0 Å². The number of piperazine rings is 1. The van der Waals surface area contributed by atoms with Gasteiger partial charge in [0.25, 0.3) is 0 Å². The van der Waals surface area contributed by atoms with Crippen molar-refractivity contribution in [2.24, 2.45) is 0 Å². The van der Waals surface area contributed by atoms with Gasteiger partial charge in [0, 0.05) is 38.8 Å². The van der Waals surface area contributed by atoms with Crippen LogP contribution in [0, 0.1) is 0 Å². The third kappa shape index (κ3) is 3.28. The summed E-state index contributed by atoms with van der Waals surface area (Å²) < 4.78 is 4.85. The van der Waals surface area contributed by atoms with Crippen molar-refractivity contribution in [2.75, 3.05) is 44.7 Å². The molecule has 3 aliphatic rings. The summed E-state index contributed by atoms with van der Waals surface area (Å²) in [6.07, 6.45) is 6.24. The van der Waals surface area contributed by atoms with Crippen LogP contribution in [-0.4, -0.2) is 73.6 Å². The number of nitrogens with zero attached hydrogens (tertiary/aromatic N) is 3. The topological polar surface area (TPSA) is 53.1 Å². The highest BCUT2D eigenvalue weighted by molar-refractivity contribution is 7.14. The number of carbonyl (C=O) groups is 2. The molecule has 3 heterocycles. The van der Waals surface area contributed by atoms with Gasteiger partial charge in [-0.25, -0.2) is 4.79 Å². The zero-order valence-electron chi connectivity index (χ0n) is 15.4. The minimum absolute atomic E-state index is 0.0478. The first-order valence-electron chi connectivity index (χ1n) is 9.64. The van der Waals surface area contributed by atoms with Crippen LogP contribution in [0.2, 0.25) is 0 Å². The number of esters is 1. The molecular weight excluding hydrogens is 350 g/mol. The fourth-order valence-corrected chi connectivity index (χ4v) is 5.58. The van der Waals surface area contributed by atoms with Crippen LogP contribution in [0.5, 0.6) is 0 Å². The average molecular weight is 378 g/mol. The van der Waals surface area contributed by atoms with Gasteiger partial charge in [0.2, 0.25) is 5.91 Å². The van der Waals surface area contributed by atoms with Gasteiger partial charge in [0.1, 0.15) is 5.00 Å². The van der Waals surface area contributed by atoms with Gasteiger partial charge in [-0.15, -0.1) is 11.3 Å². The molecule has 1 aromatic heterocycles. The number of anilines is 1. The van der Waals surface area contributed by atoms with E-state index in [0.29, 0.717) is 12.1 Å². The molecule has 6 nitrogen and oxygen atoms in total. The molecule has 2 aliphatic heterocycles. The number of rotatable bonds is 4. The fourth-order valence-electron chi connectivity index (χ4n) is 4.66. The predicted molar refractivity (Wildman–Crippen MR) is 102 cm³/mol. The maximum absolute atomic E-state index is 13.0. The molecule has 1 aliphatic carbocycles. The molecule has 0 unspecified atom stereocenters. The summed E-state index contributed by atoms with van der Waals surface area (Å²) in [7, 11) is 1.38. The lowest BCUT2D eigenvalue weighted by Gasteiger charge is -2.40. The van der Waals surface area contributed by atoms with Crippen LogP contribution in [0.15, 0.2) is 11.4 Å².